The third kappa shape index (κ3) is 1.57. The summed E-state index contributed by atoms with van der Waals surface area (Å²) >= 11 is -0.208. The second-order valence-corrected chi connectivity index (χ2v) is 5.98. The van der Waals surface area contributed by atoms with E-state index in [9.17, 15) is 14.4 Å². The van der Waals surface area contributed by atoms with Gasteiger partial charge in [-0.25, -0.2) is 0 Å². The molecular formula is C11H8N2O3Se. The SMILES string of the molecule is O=C1CC(n2[se]c3ccccc3c2=O)C(=O)N1. The summed E-state index contributed by atoms with van der Waals surface area (Å²) < 4.78 is 2.50. The second kappa shape index (κ2) is 3.68. The molecule has 86 valence electrons. The first-order valence-corrected chi connectivity index (χ1v) is 6.73. The Hall–Kier alpha value is -1.65. The molecule has 0 spiro atoms. The van der Waals surface area contributed by atoms with Crippen LogP contribution >= 0.6 is 0 Å². The fraction of sp³-hybridized carbons (Fsp3) is 0.182. The summed E-state index contributed by atoms with van der Waals surface area (Å²) in [6.45, 7) is 0. The molecule has 17 heavy (non-hydrogen) atoms. The number of benzene rings is 1. The molecule has 3 rings (SSSR count). The number of fused-ring (bicyclic) bond motifs is 1. The van der Waals surface area contributed by atoms with Crippen LogP contribution in [0.25, 0.3) is 9.65 Å². The molecule has 0 aliphatic carbocycles. The summed E-state index contributed by atoms with van der Waals surface area (Å²) in [7, 11) is 0. The summed E-state index contributed by atoms with van der Waals surface area (Å²) in [4.78, 5) is 34.8. The Morgan fingerprint density at radius 1 is 1.24 bits per heavy atom. The number of carbonyl (C=O) groups is 2. The van der Waals surface area contributed by atoms with Crippen LogP contribution in [0.2, 0.25) is 0 Å². The average Bonchev–Trinajstić information content (AvgIpc) is 2.80. The van der Waals surface area contributed by atoms with E-state index in [2.05, 4.69) is 5.32 Å². The van der Waals surface area contributed by atoms with Crippen LogP contribution in [0.15, 0.2) is 29.1 Å². The Morgan fingerprint density at radius 2 is 2.00 bits per heavy atom. The zero-order valence-corrected chi connectivity index (χ0v) is 10.4. The number of amides is 2. The van der Waals surface area contributed by atoms with Gasteiger partial charge in [-0.3, -0.25) is 0 Å². The molecule has 2 heterocycles. The van der Waals surface area contributed by atoms with Crippen LogP contribution in [0.1, 0.15) is 12.5 Å². The molecule has 2 aromatic rings. The number of carbonyl (C=O) groups excluding carboxylic acids is 2. The van der Waals surface area contributed by atoms with E-state index in [4.69, 9.17) is 0 Å². The molecule has 1 unspecified atom stereocenters. The molecule has 0 bridgehead atoms. The molecule has 1 saturated heterocycles. The van der Waals surface area contributed by atoms with Gasteiger partial charge in [0.25, 0.3) is 0 Å². The number of nitrogens with one attached hydrogen (secondary N) is 1. The molecule has 1 aromatic carbocycles. The van der Waals surface area contributed by atoms with Gasteiger partial charge in [0.05, 0.1) is 0 Å². The first-order chi connectivity index (χ1) is 8.16. The zero-order valence-electron chi connectivity index (χ0n) is 8.67. The standard InChI is InChI=1S/C11H8N2O3Se/c14-9-5-7(10(15)12-9)13-11(16)6-3-1-2-4-8(6)17-13/h1-4,7H,5H2,(H,12,14,15). The van der Waals surface area contributed by atoms with Crippen molar-refractivity contribution < 1.29 is 9.59 Å². The van der Waals surface area contributed by atoms with Gasteiger partial charge in [0, 0.05) is 0 Å². The fourth-order valence-electron chi connectivity index (χ4n) is 1.92. The molecule has 2 amide bonds. The summed E-state index contributed by atoms with van der Waals surface area (Å²) in [5, 5.41) is 2.88. The minimum absolute atomic E-state index is 0.0836. The molecule has 6 heteroatoms. The van der Waals surface area contributed by atoms with Crippen molar-refractivity contribution >= 4 is 36.2 Å². The van der Waals surface area contributed by atoms with Gasteiger partial charge in [0.1, 0.15) is 0 Å². The topological polar surface area (TPSA) is 68.2 Å². The van der Waals surface area contributed by atoms with Gasteiger partial charge in [0.2, 0.25) is 0 Å². The van der Waals surface area contributed by atoms with Gasteiger partial charge in [-0.1, -0.05) is 0 Å². The van der Waals surface area contributed by atoms with Gasteiger partial charge in [-0.15, -0.1) is 0 Å². The molecule has 1 fully saturated rings. The van der Waals surface area contributed by atoms with Crippen molar-refractivity contribution in [2.45, 2.75) is 12.5 Å². The van der Waals surface area contributed by atoms with Gasteiger partial charge < -0.3 is 0 Å². The normalized spacial score (nSPS) is 19.9. The third-order valence-electron chi connectivity index (χ3n) is 2.74. The van der Waals surface area contributed by atoms with Gasteiger partial charge in [-0.05, 0) is 0 Å². The summed E-state index contributed by atoms with van der Waals surface area (Å²) in [5.74, 6) is -0.669. The van der Waals surface area contributed by atoms with Crippen LogP contribution < -0.4 is 10.9 Å². The number of nitrogens with zero attached hydrogens (tertiary/aromatic N) is 1. The van der Waals surface area contributed by atoms with E-state index in [0.29, 0.717) is 5.39 Å². The Bertz CT molecular complexity index is 685. The predicted octanol–water partition coefficient (Wildman–Crippen LogP) is -0.354. The number of aromatic nitrogens is 1. The van der Waals surface area contributed by atoms with E-state index < -0.39 is 6.04 Å². The van der Waals surface area contributed by atoms with E-state index in [0.717, 1.165) is 4.26 Å². The molecule has 5 nitrogen and oxygen atoms in total. The number of rotatable bonds is 1. The van der Waals surface area contributed by atoms with Crippen molar-refractivity contribution in [2.24, 2.45) is 0 Å². The zero-order chi connectivity index (χ0) is 12.0. The van der Waals surface area contributed by atoms with Gasteiger partial charge in [0.15, 0.2) is 0 Å². The Kier molecular flexibility index (Phi) is 2.27. The summed E-state index contributed by atoms with van der Waals surface area (Å²) in [5.41, 5.74) is -0.143. The van der Waals surface area contributed by atoms with Crippen LogP contribution in [0.5, 0.6) is 0 Å². The molecular weight excluding hydrogens is 287 g/mol. The van der Waals surface area contributed by atoms with Gasteiger partial charge in [-0.2, -0.15) is 0 Å². The predicted molar refractivity (Wildman–Crippen MR) is 62.0 cm³/mol. The van der Waals surface area contributed by atoms with Crippen LogP contribution in [0.4, 0.5) is 0 Å². The van der Waals surface area contributed by atoms with Crippen LogP contribution in [0, 0.1) is 0 Å². The monoisotopic (exact) mass is 296 g/mol. The Balaban J connectivity index is 2.18. The van der Waals surface area contributed by atoms with Gasteiger partial charge >= 0.3 is 102 Å². The molecule has 1 atom stereocenters. The van der Waals surface area contributed by atoms with Crippen molar-refractivity contribution in [1.82, 2.24) is 8.88 Å². The van der Waals surface area contributed by atoms with Crippen molar-refractivity contribution in [3.63, 3.8) is 0 Å². The van der Waals surface area contributed by atoms with E-state index in [-0.39, 0.29) is 38.5 Å². The molecule has 0 saturated carbocycles. The molecule has 1 aliphatic heterocycles. The van der Waals surface area contributed by atoms with Crippen molar-refractivity contribution in [2.75, 3.05) is 0 Å². The van der Waals surface area contributed by atoms with Crippen molar-refractivity contribution in [3.05, 3.63) is 34.6 Å². The molecule has 1 aromatic heterocycles. The van der Waals surface area contributed by atoms with E-state index in [1.54, 1.807) is 12.1 Å². The molecule has 1 N–H and O–H groups in total. The maximum absolute atomic E-state index is 12.1. The average molecular weight is 295 g/mol. The van der Waals surface area contributed by atoms with E-state index >= 15 is 0 Å². The maximum atomic E-state index is 12.1. The third-order valence-corrected chi connectivity index (χ3v) is 5.20. The fourth-order valence-corrected chi connectivity index (χ4v) is 4.20. The van der Waals surface area contributed by atoms with E-state index in [1.807, 2.05) is 12.1 Å². The number of hydrogen-bond donors (Lipinski definition) is 1. The Morgan fingerprint density at radius 3 is 2.65 bits per heavy atom. The number of imide groups is 1. The molecule has 0 radical (unpaired) electrons. The summed E-state index contributed by atoms with van der Waals surface area (Å²) in [6.07, 6.45) is 0.0836. The minimum atomic E-state index is -0.623. The first kappa shape index (κ1) is 10.5. The first-order valence-electron chi connectivity index (χ1n) is 5.11. The quantitative estimate of drug-likeness (QED) is 0.577. The van der Waals surface area contributed by atoms with E-state index in [1.165, 1.54) is 3.56 Å². The van der Waals surface area contributed by atoms with Crippen LogP contribution in [-0.4, -0.2) is 30.1 Å². The van der Waals surface area contributed by atoms with Crippen LogP contribution in [0.3, 0.4) is 0 Å². The van der Waals surface area contributed by atoms with Crippen molar-refractivity contribution in [3.8, 4) is 0 Å². The number of hydrogen-bond acceptors (Lipinski definition) is 3. The van der Waals surface area contributed by atoms with Crippen LogP contribution in [-0.2, 0) is 9.59 Å². The molecule has 1 aliphatic rings. The summed E-state index contributed by atoms with van der Waals surface area (Å²) in [6, 6.07) is 6.70. The second-order valence-electron chi connectivity index (χ2n) is 3.85. The van der Waals surface area contributed by atoms with Crippen molar-refractivity contribution in [1.29, 1.82) is 0 Å². The Labute approximate surface area is 102 Å².